The third-order valence-electron chi connectivity index (χ3n) is 8.44. The second kappa shape index (κ2) is 13.2. The number of esters is 1. The highest BCUT2D eigenvalue weighted by molar-refractivity contribution is 7.12. The van der Waals surface area contributed by atoms with Crippen LogP contribution in [0.5, 0.6) is 5.75 Å². The average Bonchev–Trinajstić information content (AvgIpc) is 3.39. The third-order valence-corrected chi connectivity index (χ3v) is 14.3. The maximum absolute atomic E-state index is 13.1. The molecule has 0 spiro atoms. The Labute approximate surface area is 252 Å². The number of ether oxygens (including phenoxy) is 3. The van der Waals surface area contributed by atoms with Gasteiger partial charge in [-0.2, -0.15) is 0 Å². The zero-order chi connectivity index (χ0) is 30.6. The molecule has 0 amide bonds. The van der Waals surface area contributed by atoms with Gasteiger partial charge in [0.05, 0.1) is 39.0 Å². The van der Waals surface area contributed by atoms with Crippen molar-refractivity contribution < 1.29 is 23.4 Å². The van der Waals surface area contributed by atoms with Crippen molar-refractivity contribution in [3.05, 3.63) is 86.6 Å². The minimum absolute atomic E-state index is 0.0172. The van der Waals surface area contributed by atoms with Crippen LogP contribution in [0.4, 0.5) is 0 Å². The molecule has 2 unspecified atom stereocenters. The van der Waals surface area contributed by atoms with Crippen LogP contribution in [0, 0.1) is 12.3 Å². The number of hydrogen-bond acceptors (Lipinski definition) is 6. The van der Waals surface area contributed by atoms with Gasteiger partial charge < -0.3 is 18.6 Å². The lowest BCUT2D eigenvalue weighted by Gasteiger charge is -2.38. The van der Waals surface area contributed by atoms with Gasteiger partial charge in [-0.05, 0) is 92.3 Å². The van der Waals surface area contributed by atoms with Crippen LogP contribution in [0.1, 0.15) is 85.6 Å². The van der Waals surface area contributed by atoms with Gasteiger partial charge in [-0.25, -0.2) is 0 Å². The molecule has 0 saturated heterocycles. The molecule has 0 saturated carbocycles. The zero-order valence-corrected chi connectivity index (χ0v) is 28.5. The molecular weight excluding hydrogens is 549 g/mol. The zero-order valence-electron chi connectivity index (χ0n) is 26.7. The summed E-state index contributed by atoms with van der Waals surface area (Å²) in [6.07, 6.45) is -0.0172. The van der Waals surface area contributed by atoms with Crippen molar-refractivity contribution in [2.75, 3.05) is 14.2 Å². The number of hydrogen-bond donors (Lipinski definition) is 0. The Bertz CT molecular complexity index is 1300. The predicted molar refractivity (Wildman–Crippen MR) is 171 cm³/mol. The van der Waals surface area contributed by atoms with E-state index in [9.17, 15) is 4.79 Å². The summed E-state index contributed by atoms with van der Waals surface area (Å²) in [5.41, 5.74) is 3.64. The van der Waals surface area contributed by atoms with Gasteiger partial charge in [0.25, 0.3) is 0 Å². The van der Waals surface area contributed by atoms with Crippen LogP contribution in [-0.4, -0.2) is 28.5 Å². The van der Waals surface area contributed by atoms with Crippen molar-refractivity contribution in [1.82, 2.24) is 0 Å². The van der Waals surface area contributed by atoms with Gasteiger partial charge in [-0.3, -0.25) is 4.79 Å². The highest BCUT2D eigenvalue weighted by Crippen LogP contribution is 2.47. The molecule has 5 nitrogen and oxygen atoms in total. The number of methoxy groups -OCH3 is 2. The molecule has 1 heterocycles. The Hall–Kier alpha value is -2.45. The van der Waals surface area contributed by atoms with Gasteiger partial charge in [-0.15, -0.1) is 11.3 Å². The molecule has 41 heavy (non-hydrogen) atoms. The van der Waals surface area contributed by atoms with Crippen LogP contribution in [0.3, 0.4) is 0 Å². The molecule has 7 heteroatoms. The topological polar surface area (TPSA) is 54.0 Å². The van der Waals surface area contributed by atoms with E-state index in [0.717, 1.165) is 32.9 Å². The molecule has 1 aromatic heterocycles. The minimum atomic E-state index is -1.94. The first-order chi connectivity index (χ1) is 19.1. The summed E-state index contributed by atoms with van der Waals surface area (Å²) in [4.78, 5) is 15.4. The average molecular weight is 597 g/mol. The number of benzene rings is 2. The Morgan fingerprint density at radius 3 is 2.12 bits per heavy atom. The van der Waals surface area contributed by atoms with Gasteiger partial charge in [0.2, 0.25) is 0 Å². The minimum Gasteiger partial charge on any atom is -0.497 e. The maximum atomic E-state index is 13.1. The van der Waals surface area contributed by atoms with Crippen LogP contribution in [-0.2, 0) is 31.9 Å². The second-order valence-corrected chi connectivity index (χ2v) is 18.8. The summed E-state index contributed by atoms with van der Waals surface area (Å²) >= 11 is 1.73. The van der Waals surface area contributed by atoms with Gasteiger partial charge in [0.15, 0.2) is 8.32 Å². The van der Waals surface area contributed by atoms with Gasteiger partial charge in [-0.1, -0.05) is 51.1 Å². The molecule has 0 radical (unpaired) electrons. The number of carbonyl (C=O) groups is 1. The van der Waals surface area contributed by atoms with E-state index < -0.39 is 13.7 Å². The molecule has 0 bridgehead atoms. The van der Waals surface area contributed by atoms with E-state index in [-0.39, 0.29) is 23.0 Å². The van der Waals surface area contributed by atoms with E-state index in [4.69, 9.17) is 18.6 Å². The highest BCUT2D eigenvalue weighted by Gasteiger charge is 2.42. The van der Waals surface area contributed by atoms with E-state index in [1.54, 1.807) is 18.4 Å². The van der Waals surface area contributed by atoms with E-state index in [2.05, 4.69) is 78.0 Å². The summed E-state index contributed by atoms with van der Waals surface area (Å²) in [6, 6.07) is 18.7. The van der Waals surface area contributed by atoms with Crippen LogP contribution in [0.2, 0.25) is 18.1 Å². The van der Waals surface area contributed by atoms with E-state index in [1.807, 2.05) is 38.1 Å². The SMILES string of the molecule is COC(=O)C(C)(C)C(c1ccc(C)c(COCc2ccc(OC)cc2)c1)c1ccc(C(C)O[Si](C)(C)C(C)(C)C)s1. The van der Waals surface area contributed by atoms with Crippen molar-refractivity contribution >= 4 is 25.6 Å². The van der Waals surface area contributed by atoms with Crippen molar-refractivity contribution in [2.24, 2.45) is 5.41 Å². The molecule has 0 aliphatic heterocycles. The molecule has 2 atom stereocenters. The summed E-state index contributed by atoms with van der Waals surface area (Å²) in [5.74, 6) is 0.407. The summed E-state index contributed by atoms with van der Waals surface area (Å²) in [5, 5.41) is 0.129. The van der Waals surface area contributed by atoms with Gasteiger partial charge in [0, 0.05) is 15.7 Å². The first kappa shape index (κ1) is 33.1. The molecule has 224 valence electrons. The normalized spacial score (nSPS) is 14.0. The second-order valence-electron chi connectivity index (χ2n) is 12.9. The predicted octanol–water partition coefficient (Wildman–Crippen LogP) is 9.20. The van der Waals surface area contributed by atoms with E-state index in [0.29, 0.717) is 13.2 Å². The van der Waals surface area contributed by atoms with E-state index in [1.165, 1.54) is 12.0 Å². The highest BCUT2D eigenvalue weighted by atomic mass is 32.1. The van der Waals surface area contributed by atoms with Gasteiger partial charge in [0.1, 0.15) is 5.75 Å². The first-order valence-corrected chi connectivity index (χ1v) is 18.0. The molecule has 3 rings (SSSR count). The Morgan fingerprint density at radius 2 is 1.54 bits per heavy atom. The van der Waals surface area contributed by atoms with Crippen LogP contribution < -0.4 is 4.74 Å². The maximum Gasteiger partial charge on any atom is 0.312 e. The number of thiophene rings is 1. The molecule has 3 aromatic rings. The van der Waals surface area contributed by atoms with Crippen molar-refractivity contribution in [3.8, 4) is 5.75 Å². The molecule has 2 aromatic carbocycles. The quantitative estimate of drug-likeness (QED) is 0.154. The largest absolute Gasteiger partial charge is 0.497 e. The van der Waals surface area contributed by atoms with Crippen LogP contribution in [0.25, 0.3) is 0 Å². The van der Waals surface area contributed by atoms with Crippen molar-refractivity contribution in [1.29, 1.82) is 0 Å². The molecule has 0 aliphatic rings. The Kier molecular flexibility index (Phi) is 10.7. The molecule has 0 N–H and O–H groups in total. The smallest absolute Gasteiger partial charge is 0.312 e. The molecule has 0 aliphatic carbocycles. The fourth-order valence-electron chi connectivity index (χ4n) is 4.76. The molecule has 0 fully saturated rings. The number of rotatable bonds is 12. The standard InChI is InChI=1S/C34H48O5SSi/c1-23-12-15-26(20-27(23)22-38-21-25-13-16-28(36-8)17-14-25)31(34(6,7)32(35)37-9)30-19-18-29(40-30)24(2)39-41(10,11)33(3,4)5/h12-20,24,31H,21-22H2,1-11H3. The van der Waals surface area contributed by atoms with Crippen LogP contribution >= 0.6 is 11.3 Å². The Balaban J connectivity index is 1.90. The van der Waals surface area contributed by atoms with Crippen molar-refractivity contribution in [3.63, 3.8) is 0 Å². The van der Waals surface area contributed by atoms with Gasteiger partial charge >= 0.3 is 5.97 Å². The fraction of sp³-hybridized carbons (Fsp3) is 0.500. The van der Waals surface area contributed by atoms with Crippen LogP contribution in [0.15, 0.2) is 54.6 Å². The summed E-state index contributed by atoms with van der Waals surface area (Å²) in [6.45, 7) is 20.5. The van der Waals surface area contributed by atoms with Crippen molar-refractivity contribution in [2.45, 2.75) is 91.8 Å². The van der Waals surface area contributed by atoms with E-state index >= 15 is 0 Å². The third kappa shape index (κ3) is 7.89. The number of aryl methyl sites for hydroxylation is 1. The summed E-state index contributed by atoms with van der Waals surface area (Å²) in [7, 11) is 1.19. The monoisotopic (exact) mass is 596 g/mol. The molecular formula is C34H48O5SSi. The first-order valence-electron chi connectivity index (χ1n) is 14.3. The lowest BCUT2D eigenvalue weighted by Crippen LogP contribution is -2.41. The number of carbonyl (C=O) groups excluding carboxylic acids is 1. The summed E-state index contributed by atoms with van der Waals surface area (Å²) < 4.78 is 23.4. The lowest BCUT2D eigenvalue weighted by atomic mass is 9.73. The Morgan fingerprint density at radius 1 is 0.902 bits per heavy atom. The fourth-order valence-corrected chi connectivity index (χ4v) is 7.52. The lowest BCUT2D eigenvalue weighted by molar-refractivity contribution is -0.151.